The van der Waals surface area contributed by atoms with Gasteiger partial charge in [0.25, 0.3) is 5.56 Å². The predicted molar refractivity (Wildman–Crippen MR) is 98.9 cm³/mol. The first-order valence-electron chi connectivity index (χ1n) is 8.73. The molecule has 0 radical (unpaired) electrons. The van der Waals surface area contributed by atoms with Crippen LogP contribution in [0.5, 0.6) is 0 Å². The van der Waals surface area contributed by atoms with Crippen molar-refractivity contribution in [1.29, 1.82) is 0 Å². The molecule has 0 unspecified atom stereocenters. The van der Waals surface area contributed by atoms with Crippen molar-refractivity contribution < 1.29 is 9.32 Å². The minimum atomic E-state index is -0.229. The fourth-order valence-corrected chi connectivity index (χ4v) is 2.70. The molecule has 0 bridgehead atoms. The van der Waals surface area contributed by atoms with Crippen LogP contribution in [0.1, 0.15) is 35.8 Å². The van der Waals surface area contributed by atoms with Crippen LogP contribution < -0.4 is 10.9 Å². The Labute approximate surface area is 156 Å². The van der Waals surface area contributed by atoms with Crippen LogP contribution in [-0.2, 0) is 17.8 Å². The fourth-order valence-electron chi connectivity index (χ4n) is 2.70. The number of H-pyrrole nitrogens is 1. The maximum absolute atomic E-state index is 12.0. The van der Waals surface area contributed by atoms with Gasteiger partial charge < -0.3 is 14.8 Å². The number of carbonyl (C=O) groups excluding carboxylic acids is 1. The summed E-state index contributed by atoms with van der Waals surface area (Å²) in [6.07, 6.45) is 1.43. The van der Waals surface area contributed by atoms with Crippen LogP contribution in [0.25, 0.3) is 11.4 Å². The highest BCUT2D eigenvalue weighted by molar-refractivity contribution is 5.75. The summed E-state index contributed by atoms with van der Waals surface area (Å²) in [5.41, 5.74) is 2.32. The van der Waals surface area contributed by atoms with Crippen molar-refractivity contribution in [3.8, 4) is 11.4 Å². The minimum absolute atomic E-state index is 0.117. The first kappa shape index (κ1) is 18.5. The Morgan fingerprint density at radius 1 is 1.22 bits per heavy atom. The van der Waals surface area contributed by atoms with Crippen molar-refractivity contribution in [1.82, 2.24) is 25.4 Å². The SMILES string of the molecule is Cc1nc(CNC(=O)CCCc2nc(-c3ccccc3C)no2)cc(=O)[nH]1. The Balaban J connectivity index is 1.46. The Morgan fingerprint density at radius 2 is 2.04 bits per heavy atom. The summed E-state index contributed by atoms with van der Waals surface area (Å²) >= 11 is 0. The van der Waals surface area contributed by atoms with Crippen molar-refractivity contribution in [3.05, 3.63) is 63.7 Å². The molecule has 0 atom stereocenters. The molecule has 2 heterocycles. The minimum Gasteiger partial charge on any atom is -0.350 e. The number of amides is 1. The topological polar surface area (TPSA) is 114 Å². The van der Waals surface area contributed by atoms with Crippen LogP contribution >= 0.6 is 0 Å². The molecular weight excluding hydrogens is 346 g/mol. The number of aromatic amines is 1. The summed E-state index contributed by atoms with van der Waals surface area (Å²) in [4.78, 5) is 34.5. The van der Waals surface area contributed by atoms with Gasteiger partial charge in [-0.15, -0.1) is 0 Å². The van der Waals surface area contributed by atoms with E-state index in [4.69, 9.17) is 4.52 Å². The van der Waals surface area contributed by atoms with E-state index in [-0.39, 0.29) is 18.0 Å². The van der Waals surface area contributed by atoms with E-state index in [1.807, 2.05) is 31.2 Å². The van der Waals surface area contributed by atoms with Gasteiger partial charge in [-0.05, 0) is 25.8 Å². The lowest BCUT2D eigenvalue weighted by Gasteiger charge is -2.04. The van der Waals surface area contributed by atoms with Gasteiger partial charge in [0.1, 0.15) is 5.82 Å². The predicted octanol–water partition coefficient (Wildman–Crippen LogP) is 2.08. The Hall–Kier alpha value is -3.29. The van der Waals surface area contributed by atoms with Gasteiger partial charge in [0.2, 0.25) is 17.6 Å². The number of carbonyl (C=O) groups is 1. The third-order valence-corrected chi connectivity index (χ3v) is 4.03. The van der Waals surface area contributed by atoms with Gasteiger partial charge in [0.15, 0.2) is 0 Å². The van der Waals surface area contributed by atoms with Gasteiger partial charge in [-0.2, -0.15) is 4.98 Å². The summed E-state index contributed by atoms with van der Waals surface area (Å²) < 4.78 is 5.27. The molecule has 1 aromatic carbocycles. The second-order valence-electron chi connectivity index (χ2n) is 6.28. The van der Waals surface area contributed by atoms with Crippen molar-refractivity contribution >= 4 is 5.91 Å². The van der Waals surface area contributed by atoms with Crippen LogP contribution in [0.15, 0.2) is 39.6 Å². The maximum Gasteiger partial charge on any atom is 0.251 e. The van der Waals surface area contributed by atoms with E-state index in [0.29, 0.717) is 42.5 Å². The molecule has 8 heteroatoms. The van der Waals surface area contributed by atoms with Crippen molar-refractivity contribution in [2.45, 2.75) is 39.7 Å². The lowest BCUT2D eigenvalue weighted by Crippen LogP contribution is -2.24. The number of aryl methyl sites for hydroxylation is 3. The first-order valence-corrected chi connectivity index (χ1v) is 8.73. The summed E-state index contributed by atoms with van der Waals surface area (Å²) in [6, 6.07) is 9.20. The fraction of sp³-hybridized carbons (Fsp3) is 0.316. The largest absolute Gasteiger partial charge is 0.350 e. The smallest absolute Gasteiger partial charge is 0.251 e. The molecule has 140 valence electrons. The van der Waals surface area contributed by atoms with E-state index >= 15 is 0 Å². The van der Waals surface area contributed by atoms with Crippen molar-refractivity contribution in [2.75, 3.05) is 0 Å². The average Bonchev–Trinajstić information content (AvgIpc) is 3.08. The number of benzene rings is 1. The summed E-state index contributed by atoms with van der Waals surface area (Å²) in [7, 11) is 0. The second-order valence-corrected chi connectivity index (χ2v) is 6.28. The van der Waals surface area contributed by atoms with E-state index in [9.17, 15) is 9.59 Å². The number of hydrogen-bond acceptors (Lipinski definition) is 6. The highest BCUT2D eigenvalue weighted by Crippen LogP contribution is 2.20. The Kier molecular flexibility index (Phi) is 5.75. The molecule has 0 aliphatic carbocycles. The molecule has 2 N–H and O–H groups in total. The highest BCUT2D eigenvalue weighted by Gasteiger charge is 2.11. The monoisotopic (exact) mass is 367 g/mol. The maximum atomic E-state index is 12.0. The molecule has 1 amide bonds. The summed E-state index contributed by atoms with van der Waals surface area (Å²) in [5, 5.41) is 6.77. The van der Waals surface area contributed by atoms with Gasteiger partial charge in [0.05, 0.1) is 12.2 Å². The molecule has 0 saturated carbocycles. The van der Waals surface area contributed by atoms with Crippen LogP contribution in [0.4, 0.5) is 0 Å². The Bertz CT molecular complexity index is 993. The van der Waals surface area contributed by atoms with E-state index in [2.05, 4.69) is 25.4 Å². The van der Waals surface area contributed by atoms with Crippen LogP contribution in [0.2, 0.25) is 0 Å². The molecule has 0 aliphatic heterocycles. The highest BCUT2D eigenvalue weighted by atomic mass is 16.5. The molecule has 3 aromatic rings. The molecular formula is C19H21N5O3. The second kappa shape index (κ2) is 8.39. The van der Waals surface area contributed by atoms with Crippen LogP contribution in [0.3, 0.4) is 0 Å². The van der Waals surface area contributed by atoms with Gasteiger partial charge in [0, 0.05) is 24.5 Å². The Morgan fingerprint density at radius 3 is 2.81 bits per heavy atom. The zero-order valence-corrected chi connectivity index (χ0v) is 15.3. The zero-order valence-electron chi connectivity index (χ0n) is 15.3. The number of nitrogens with one attached hydrogen (secondary N) is 2. The van der Waals surface area contributed by atoms with Crippen molar-refractivity contribution in [3.63, 3.8) is 0 Å². The number of nitrogens with zero attached hydrogens (tertiary/aromatic N) is 3. The third-order valence-electron chi connectivity index (χ3n) is 4.03. The molecule has 27 heavy (non-hydrogen) atoms. The summed E-state index contributed by atoms with van der Waals surface area (Å²) in [6.45, 7) is 3.91. The van der Waals surface area contributed by atoms with Gasteiger partial charge in [-0.3, -0.25) is 9.59 Å². The van der Waals surface area contributed by atoms with Gasteiger partial charge in [-0.25, -0.2) is 4.98 Å². The molecule has 2 aromatic heterocycles. The first-order chi connectivity index (χ1) is 13.0. The van der Waals surface area contributed by atoms with Crippen molar-refractivity contribution in [2.24, 2.45) is 0 Å². The zero-order chi connectivity index (χ0) is 19.2. The molecule has 3 rings (SSSR count). The molecule has 0 fully saturated rings. The van der Waals surface area contributed by atoms with E-state index in [1.165, 1.54) is 6.07 Å². The number of aromatic nitrogens is 4. The van der Waals surface area contributed by atoms with Gasteiger partial charge in [-0.1, -0.05) is 29.4 Å². The molecule has 8 nitrogen and oxygen atoms in total. The van der Waals surface area contributed by atoms with Crippen LogP contribution in [-0.4, -0.2) is 26.0 Å². The molecule has 0 saturated heterocycles. The summed E-state index contributed by atoms with van der Waals surface area (Å²) in [5.74, 6) is 1.47. The lowest BCUT2D eigenvalue weighted by molar-refractivity contribution is -0.121. The van der Waals surface area contributed by atoms with Gasteiger partial charge >= 0.3 is 0 Å². The number of rotatable bonds is 7. The van der Waals surface area contributed by atoms with E-state index in [1.54, 1.807) is 6.92 Å². The standard InChI is InChI=1S/C19H21N5O3/c1-12-6-3-4-7-15(12)19-23-18(27-24-19)9-5-8-16(25)20-11-14-10-17(26)22-13(2)21-14/h3-4,6-7,10H,5,8-9,11H2,1-2H3,(H,20,25)(H,21,22,26). The number of hydrogen-bond donors (Lipinski definition) is 2. The lowest BCUT2D eigenvalue weighted by atomic mass is 10.1. The third kappa shape index (κ3) is 5.10. The normalized spacial score (nSPS) is 10.7. The van der Waals surface area contributed by atoms with E-state index in [0.717, 1.165) is 11.1 Å². The van der Waals surface area contributed by atoms with E-state index < -0.39 is 0 Å². The quantitative estimate of drug-likeness (QED) is 0.661. The molecule has 0 spiro atoms. The molecule has 0 aliphatic rings. The van der Waals surface area contributed by atoms with Crippen LogP contribution in [0, 0.1) is 13.8 Å². The average molecular weight is 367 g/mol.